The van der Waals surface area contributed by atoms with Gasteiger partial charge in [0.1, 0.15) is 16.1 Å². The topological polar surface area (TPSA) is 66.5 Å². The fourth-order valence-electron chi connectivity index (χ4n) is 3.47. The Hall–Kier alpha value is -1.77. The Morgan fingerprint density at radius 2 is 2.00 bits per heavy atom. The zero-order valence-electron chi connectivity index (χ0n) is 14.2. The second-order valence-electron chi connectivity index (χ2n) is 6.75. The lowest BCUT2D eigenvalue weighted by Crippen LogP contribution is -2.52. The Bertz CT molecular complexity index is 967. The quantitative estimate of drug-likeness (QED) is 0.867. The first-order valence-corrected chi connectivity index (χ1v) is 10.8. The van der Waals surface area contributed by atoms with Crippen molar-refractivity contribution in [3.63, 3.8) is 0 Å². The van der Waals surface area contributed by atoms with E-state index in [1.807, 2.05) is 6.07 Å². The fraction of sp³-hybridized carbons (Fsp3) is 0.389. The second-order valence-corrected chi connectivity index (χ2v) is 9.75. The van der Waals surface area contributed by atoms with E-state index >= 15 is 0 Å². The van der Waals surface area contributed by atoms with E-state index in [0.717, 1.165) is 18.4 Å². The lowest BCUT2D eigenvalue weighted by Gasteiger charge is -2.34. The minimum atomic E-state index is -3.81. The molecule has 1 aliphatic heterocycles. The molecule has 1 aromatic carbocycles. The van der Waals surface area contributed by atoms with Crippen LogP contribution in [0.15, 0.2) is 33.9 Å². The number of rotatable bonds is 4. The van der Waals surface area contributed by atoms with Gasteiger partial charge >= 0.3 is 0 Å². The van der Waals surface area contributed by atoms with Crippen LogP contribution in [0.25, 0.3) is 0 Å². The van der Waals surface area contributed by atoms with E-state index in [0.29, 0.717) is 21.3 Å². The predicted octanol–water partition coefficient (Wildman–Crippen LogP) is 2.93. The number of hydrogen-bond donors (Lipinski definition) is 1. The number of halogens is 1. The molecular weight excluding hydrogens is 375 g/mol. The number of sulfonamides is 1. The number of nitrogens with zero attached hydrogens (tertiary/aromatic N) is 1. The highest BCUT2D eigenvalue weighted by Gasteiger charge is 2.42. The second kappa shape index (κ2) is 6.44. The van der Waals surface area contributed by atoms with Crippen LogP contribution in [0.4, 0.5) is 4.39 Å². The van der Waals surface area contributed by atoms with Crippen molar-refractivity contribution in [2.24, 2.45) is 0 Å². The molecule has 1 saturated carbocycles. The standard InChI is InChI=1S/C18H19FN2O3S2/c1-11-10-13(19)4-5-14(11)16-17(22)20-7-8-21(16)26(23,24)18-15(6-9-25-18)12-2-3-12/h4-6,9-10,12,16H,2-3,7-8H2,1H3,(H,20,22). The molecule has 2 aliphatic rings. The summed E-state index contributed by atoms with van der Waals surface area (Å²) in [5.74, 6) is -0.485. The molecule has 1 atom stereocenters. The van der Waals surface area contributed by atoms with Crippen LogP contribution in [-0.4, -0.2) is 31.7 Å². The molecule has 2 fully saturated rings. The van der Waals surface area contributed by atoms with Gasteiger partial charge in [-0.05, 0) is 66.0 Å². The van der Waals surface area contributed by atoms with Gasteiger partial charge in [0, 0.05) is 13.1 Å². The van der Waals surface area contributed by atoms with Crippen molar-refractivity contribution in [3.05, 3.63) is 52.2 Å². The van der Waals surface area contributed by atoms with Crippen LogP contribution >= 0.6 is 11.3 Å². The van der Waals surface area contributed by atoms with Crippen molar-refractivity contribution in [1.29, 1.82) is 0 Å². The van der Waals surface area contributed by atoms with Gasteiger partial charge in [-0.25, -0.2) is 12.8 Å². The molecule has 5 nitrogen and oxygen atoms in total. The third-order valence-corrected chi connectivity index (χ3v) is 8.27. The number of aryl methyl sites for hydroxylation is 1. The molecule has 0 bridgehead atoms. The number of amides is 1. The van der Waals surface area contributed by atoms with Gasteiger partial charge in [-0.1, -0.05) is 6.07 Å². The van der Waals surface area contributed by atoms with Crippen molar-refractivity contribution in [2.45, 2.75) is 35.9 Å². The van der Waals surface area contributed by atoms with E-state index in [9.17, 15) is 17.6 Å². The van der Waals surface area contributed by atoms with E-state index in [1.165, 1.54) is 33.8 Å². The third-order valence-electron chi connectivity index (χ3n) is 4.91. The average molecular weight is 394 g/mol. The SMILES string of the molecule is Cc1cc(F)ccc1C1C(=O)NCCN1S(=O)(=O)c1sccc1C1CC1. The van der Waals surface area contributed by atoms with E-state index in [4.69, 9.17) is 0 Å². The van der Waals surface area contributed by atoms with Gasteiger partial charge in [-0.15, -0.1) is 11.3 Å². The van der Waals surface area contributed by atoms with Crippen LogP contribution in [0.3, 0.4) is 0 Å². The Morgan fingerprint density at radius 1 is 1.23 bits per heavy atom. The summed E-state index contributed by atoms with van der Waals surface area (Å²) >= 11 is 1.20. The van der Waals surface area contributed by atoms with Crippen LogP contribution in [0, 0.1) is 12.7 Å². The number of hydrogen-bond acceptors (Lipinski definition) is 4. The van der Waals surface area contributed by atoms with Crippen molar-refractivity contribution >= 4 is 27.3 Å². The maximum atomic E-state index is 13.5. The Morgan fingerprint density at radius 3 is 2.69 bits per heavy atom. The first-order valence-electron chi connectivity index (χ1n) is 8.52. The number of thiophene rings is 1. The summed E-state index contributed by atoms with van der Waals surface area (Å²) in [6, 6.07) is 4.97. The molecule has 1 unspecified atom stereocenters. The molecule has 2 aromatic rings. The number of benzene rings is 1. The first-order chi connectivity index (χ1) is 12.4. The zero-order chi connectivity index (χ0) is 18.5. The van der Waals surface area contributed by atoms with E-state index in [-0.39, 0.29) is 19.0 Å². The molecule has 1 aromatic heterocycles. The Labute approximate surface area is 155 Å². The monoisotopic (exact) mass is 394 g/mol. The molecular formula is C18H19FN2O3S2. The van der Waals surface area contributed by atoms with Gasteiger partial charge in [0.25, 0.3) is 10.0 Å². The molecule has 0 spiro atoms. The molecule has 26 heavy (non-hydrogen) atoms. The molecule has 1 amide bonds. The summed E-state index contributed by atoms with van der Waals surface area (Å²) in [4.78, 5) is 12.6. The largest absolute Gasteiger partial charge is 0.353 e. The molecule has 2 heterocycles. The zero-order valence-corrected chi connectivity index (χ0v) is 15.9. The van der Waals surface area contributed by atoms with Crippen molar-refractivity contribution in [3.8, 4) is 0 Å². The maximum Gasteiger partial charge on any atom is 0.253 e. The summed E-state index contributed by atoms with van der Waals surface area (Å²) in [6.45, 7) is 2.14. The lowest BCUT2D eigenvalue weighted by atomic mass is 9.99. The van der Waals surface area contributed by atoms with Gasteiger partial charge in [0.05, 0.1) is 0 Å². The highest BCUT2D eigenvalue weighted by Crippen LogP contribution is 2.46. The minimum absolute atomic E-state index is 0.192. The van der Waals surface area contributed by atoms with Gasteiger partial charge < -0.3 is 5.32 Å². The van der Waals surface area contributed by atoms with Gasteiger partial charge in [-0.2, -0.15) is 4.31 Å². The Balaban J connectivity index is 1.79. The van der Waals surface area contributed by atoms with Gasteiger partial charge in [0.15, 0.2) is 0 Å². The lowest BCUT2D eigenvalue weighted by molar-refractivity contribution is -0.126. The van der Waals surface area contributed by atoms with Crippen molar-refractivity contribution in [1.82, 2.24) is 9.62 Å². The van der Waals surface area contributed by atoms with Crippen LogP contribution in [-0.2, 0) is 14.8 Å². The number of nitrogens with one attached hydrogen (secondary N) is 1. The van der Waals surface area contributed by atoms with Crippen molar-refractivity contribution < 1.29 is 17.6 Å². The van der Waals surface area contributed by atoms with Crippen molar-refractivity contribution in [2.75, 3.05) is 13.1 Å². The maximum absolute atomic E-state index is 13.5. The average Bonchev–Trinajstić information content (AvgIpc) is 3.31. The number of carbonyl (C=O) groups is 1. The summed E-state index contributed by atoms with van der Waals surface area (Å²) < 4.78 is 41.9. The summed E-state index contributed by atoms with van der Waals surface area (Å²) in [6.07, 6.45) is 2.00. The molecule has 138 valence electrons. The van der Waals surface area contributed by atoms with Gasteiger partial charge in [-0.3, -0.25) is 4.79 Å². The minimum Gasteiger partial charge on any atom is -0.353 e. The van der Waals surface area contributed by atoms with E-state index in [2.05, 4.69) is 5.32 Å². The first kappa shape index (κ1) is 17.6. The Kier molecular flexibility index (Phi) is 4.37. The summed E-state index contributed by atoms with van der Waals surface area (Å²) in [5, 5.41) is 4.53. The van der Waals surface area contributed by atoms with Gasteiger partial charge in [0.2, 0.25) is 5.91 Å². The summed E-state index contributed by atoms with van der Waals surface area (Å²) in [5.41, 5.74) is 1.92. The molecule has 8 heteroatoms. The molecule has 1 saturated heterocycles. The predicted molar refractivity (Wildman–Crippen MR) is 97.1 cm³/mol. The highest BCUT2D eigenvalue weighted by molar-refractivity contribution is 7.91. The molecule has 1 N–H and O–H groups in total. The van der Waals surface area contributed by atoms with Crippen LogP contribution in [0.1, 0.15) is 41.5 Å². The van der Waals surface area contributed by atoms with Crippen LogP contribution in [0.5, 0.6) is 0 Å². The van der Waals surface area contributed by atoms with E-state index < -0.39 is 21.9 Å². The smallest absolute Gasteiger partial charge is 0.253 e. The highest BCUT2D eigenvalue weighted by atomic mass is 32.2. The summed E-state index contributed by atoms with van der Waals surface area (Å²) in [7, 11) is -3.81. The number of carbonyl (C=O) groups excluding carboxylic acids is 1. The normalized spacial score (nSPS) is 21.6. The molecule has 0 radical (unpaired) electrons. The number of piperazine rings is 1. The molecule has 4 rings (SSSR count). The van der Waals surface area contributed by atoms with Crippen LogP contribution < -0.4 is 5.32 Å². The van der Waals surface area contributed by atoms with Crippen LogP contribution in [0.2, 0.25) is 0 Å². The molecule has 1 aliphatic carbocycles. The van der Waals surface area contributed by atoms with E-state index in [1.54, 1.807) is 12.3 Å². The fourth-order valence-corrected chi connectivity index (χ4v) is 6.68. The third kappa shape index (κ3) is 2.95.